The minimum Gasteiger partial charge on any atom is -0.466 e. The molecule has 1 aromatic heterocycles. The normalized spacial score (nSPS) is 16.7. The number of guanidine groups is 1. The van der Waals surface area contributed by atoms with E-state index in [4.69, 9.17) is 4.74 Å². The van der Waals surface area contributed by atoms with Gasteiger partial charge in [-0.15, -0.1) is 24.0 Å². The first-order valence-electron chi connectivity index (χ1n) is 10.0. The largest absolute Gasteiger partial charge is 0.466 e. The van der Waals surface area contributed by atoms with E-state index in [1.807, 2.05) is 19.2 Å². The quantitative estimate of drug-likeness (QED) is 0.270. The second-order valence-corrected chi connectivity index (χ2v) is 6.99. The van der Waals surface area contributed by atoms with Crippen molar-refractivity contribution in [1.29, 1.82) is 0 Å². The number of rotatable bonds is 6. The first-order chi connectivity index (χ1) is 14.1. The summed E-state index contributed by atoms with van der Waals surface area (Å²) in [5, 5.41) is 7.90. The summed E-state index contributed by atoms with van der Waals surface area (Å²) >= 11 is 0. The Bertz CT molecular complexity index is 840. The van der Waals surface area contributed by atoms with Crippen LogP contribution in [0.1, 0.15) is 25.5 Å². The lowest BCUT2D eigenvalue weighted by atomic mass is 9.98. The standard InChI is InChI=1S/C21H28FN5O2.HI/c1-3-29-20(28)16-5-4-13-26(15-16)21(23-2)24-12-10-18-11-14-27(25-18)19-8-6-17(22)7-9-19;/h6-9,11,14,16H,3-5,10,12-13,15H2,1-2H3,(H,23,24);1H. The fourth-order valence-corrected chi connectivity index (χ4v) is 3.49. The van der Waals surface area contributed by atoms with Crippen LogP contribution in [0.2, 0.25) is 0 Å². The summed E-state index contributed by atoms with van der Waals surface area (Å²) in [4.78, 5) is 18.5. The van der Waals surface area contributed by atoms with Gasteiger partial charge in [-0.2, -0.15) is 5.10 Å². The maximum atomic E-state index is 13.1. The highest BCUT2D eigenvalue weighted by molar-refractivity contribution is 14.0. The van der Waals surface area contributed by atoms with Crippen molar-refractivity contribution in [3.63, 3.8) is 0 Å². The van der Waals surface area contributed by atoms with Crippen molar-refractivity contribution >= 4 is 35.9 Å². The number of nitrogens with one attached hydrogen (secondary N) is 1. The topological polar surface area (TPSA) is 71.8 Å². The molecule has 2 aromatic rings. The Morgan fingerprint density at radius 3 is 2.80 bits per heavy atom. The Morgan fingerprint density at radius 1 is 1.33 bits per heavy atom. The number of aromatic nitrogens is 2. The van der Waals surface area contributed by atoms with Gasteiger partial charge in [-0.05, 0) is 50.1 Å². The van der Waals surface area contributed by atoms with Crippen LogP contribution in [-0.4, -0.2) is 59.9 Å². The third kappa shape index (κ3) is 6.41. The number of piperidine rings is 1. The van der Waals surface area contributed by atoms with Crippen molar-refractivity contribution in [3.8, 4) is 5.69 Å². The molecule has 0 saturated carbocycles. The second kappa shape index (κ2) is 11.9. The molecule has 30 heavy (non-hydrogen) atoms. The number of benzene rings is 1. The maximum Gasteiger partial charge on any atom is 0.310 e. The molecule has 0 aliphatic carbocycles. The molecule has 3 rings (SSSR count). The summed E-state index contributed by atoms with van der Waals surface area (Å²) in [6.07, 6.45) is 4.38. The Kier molecular flexibility index (Phi) is 9.54. The fourth-order valence-electron chi connectivity index (χ4n) is 3.49. The van der Waals surface area contributed by atoms with Crippen LogP contribution in [0.15, 0.2) is 41.5 Å². The zero-order valence-corrected chi connectivity index (χ0v) is 19.7. The number of hydrogen-bond acceptors (Lipinski definition) is 4. The number of ether oxygens (including phenoxy) is 1. The summed E-state index contributed by atoms with van der Waals surface area (Å²) in [6, 6.07) is 8.19. The van der Waals surface area contributed by atoms with Gasteiger partial charge in [0.2, 0.25) is 0 Å². The lowest BCUT2D eigenvalue weighted by Crippen LogP contribution is -2.48. The summed E-state index contributed by atoms with van der Waals surface area (Å²) in [6.45, 7) is 4.41. The Morgan fingerprint density at radius 2 is 2.10 bits per heavy atom. The van der Waals surface area contributed by atoms with E-state index in [0.717, 1.165) is 43.1 Å². The highest BCUT2D eigenvalue weighted by Gasteiger charge is 2.28. The highest BCUT2D eigenvalue weighted by Crippen LogP contribution is 2.18. The number of halogens is 2. The van der Waals surface area contributed by atoms with E-state index >= 15 is 0 Å². The molecule has 0 bridgehead atoms. The van der Waals surface area contributed by atoms with E-state index < -0.39 is 0 Å². The molecular formula is C21H29FIN5O2. The van der Waals surface area contributed by atoms with Gasteiger partial charge in [-0.1, -0.05) is 0 Å². The first kappa shape index (κ1) is 24.1. The van der Waals surface area contributed by atoms with Crippen LogP contribution in [0.4, 0.5) is 4.39 Å². The van der Waals surface area contributed by atoms with Crippen molar-refractivity contribution in [1.82, 2.24) is 20.0 Å². The Balaban J connectivity index is 0.00000320. The maximum absolute atomic E-state index is 13.1. The van der Waals surface area contributed by atoms with Gasteiger partial charge in [0.25, 0.3) is 0 Å². The third-order valence-electron chi connectivity index (χ3n) is 4.95. The average Bonchev–Trinajstić information content (AvgIpc) is 3.21. The summed E-state index contributed by atoms with van der Waals surface area (Å²) < 4.78 is 20.0. The van der Waals surface area contributed by atoms with E-state index in [0.29, 0.717) is 19.7 Å². The highest BCUT2D eigenvalue weighted by atomic mass is 127. The molecule has 1 aromatic carbocycles. The zero-order valence-electron chi connectivity index (χ0n) is 17.4. The SMILES string of the molecule is CCOC(=O)C1CCCN(C(=NC)NCCc2ccn(-c3ccc(F)cc3)n2)C1.I. The molecular weight excluding hydrogens is 500 g/mol. The molecule has 1 aliphatic rings. The third-order valence-corrected chi connectivity index (χ3v) is 4.95. The molecule has 0 spiro atoms. The molecule has 1 fully saturated rings. The number of esters is 1. The molecule has 9 heteroatoms. The van der Waals surface area contributed by atoms with Crippen molar-refractivity contribution in [2.45, 2.75) is 26.2 Å². The predicted molar refractivity (Wildman–Crippen MR) is 125 cm³/mol. The fraction of sp³-hybridized carbons (Fsp3) is 0.476. The van der Waals surface area contributed by atoms with Crippen LogP contribution in [0.3, 0.4) is 0 Å². The van der Waals surface area contributed by atoms with E-state index in [1.54, 1.807) is 23.9 Å². The number of carbonyl (C=O) groups is 1. The monoisotopic (exact) mass is 529 g/mol. The molecule has 1 aliphatic heterocycles. The van der Waals surface area contributed by atoms with E-state index in [9.17, 15) is 9.18 Å². The van der Waals surface area contributed by atoms with E-state index in [2.05, 4.69) is 20.3 Å². The molecule has 1 unspecified atom stereocenters. The lowest BCUT2D eigenvalue weighted by Gasteiger charge is -2.33. The van der Waals surface area contributed by atoms with Gasteiger partial charge in [0, 0.05) is 39.3 Å². The van der Waals surface area contributed by atoms with E-state index in [1.165, 1.54) is 12.1 Å². The van der Waals surface area contributed by atoms with Crippen LogP contribution < -0.4 is 5.32 Å². The van der Waals surface area contributed by atoms with Gasteiger partial charge < -0.3 is 15.0 Å². The van der Waals surface area contributed by atoms with Crippen LogP contribution >= 0.6 is 24.0 Å². The second-order valence-electron chi connectivity index (χ2n) is 6.99. The molecule has 0 amide bonds. The van der Waals surface area contributed by atoms with Crippen molar-refractivity contribution in [3.05, 3.63) is 48.0 Å². The Hall–Kier alpha value is -2.17. The van der Waals surface area contributed by atoms with Gasteiger partial charge in [0.1, 0.15) is 5.82 Å². The number of likely N-dealkylation sites (tertiary alicyclic amines) is 1. The van der Waals surface area contributed by atoms with Crippen LogP contribution in [-0.2, 0) is 16.0 Å². The first-order valence-corrected chi connectivity index (χ1v) is 10.0. The summed E-state index contributed by atoms with van der Waals surface area (Å²) in [7, 11) is 1.75. The molecule has 1 N–H and O–H groups in total. The predicted octanol–water partition coefficient (Wildman–Crippen LogP) is 3.02. The van der Waals surface area contributed by atoms with E-state index in [-0.39, 0.29) is 41.7 Å². The van der Waals surface area contributed by atoms with Crippen LogP contribution in [0, 0.1) is 11.7 Å². The smallest absolute Gasteiger partial charge is 0.310 e. The molecule has 1 saturated heterocycles. The zero-order chi connectivity index (χ0) is 20.6. The van der Waals surface area contributed by atoms with Gasteiger partial charge in [-0.25, -0.2) is 9.07 Å². The molecule has 7 nitrogen and oxygen atoms in total. The number of hydrogen-bond donors (Lipinski definition) is 1. The van der Waals surface area contributed by atoms with Crippen LogP contribution in [0.25, 0.3) is 5.69 Å². The number of carbonyl (C=O) groups excluding carboxylic acids is 1. The van der Waals surface area contributed by atoms with Crippen molar-refractivity contribution in [2.75, 3.05) is 33.3 Å². The molecule has 0 radical (unpaired) electrons. The summed E-state index contributed by atoms with van der Waals surface area (Å²) in [5.41, 5.74) is 1.75. The number of nitrogens with zero attached hydrogens (tertiary/aromatic N) is 4. The molecule has 2 heterocycles. The molecule has 1 atom stereocenters. The van der Waals surface area contributed by atoms with Gasteiger partial charge in [0.15, 0.2) is 5.96 Å². The average molecular weight is 529 g/mol. The minimum absolute atomic E-state index is 0. The van der Waals surface area contributed by atoms with Crippen molar-refractivity contribution < 1.29 is 13.9 Å². The summed E-state index contributed by atoms with van der Waals surface area (Å²) in [5.74, 6) is 0.296. The Labute approximate surface area is 193 Å². The van der Waals surface area contributed by atoms with Gasteiger partial charge in [0.05, 0.1) is 23.9 Å². The van der Waals surface area contributed by atoms with Gasteiger partial charge >= 0.3 is 5.97 Å². The minimum atomic E-state index is -0.264. The van der Waals surface area contributed by atoms with Gasteiger partial charge in [-0.3, -0.25) is 9.79 Å². The molecule has 164 valence electrons. The van der Waals surface area contributed by atoms with Crippen LogP contribution in [0.5, 0.6) is 0 Å². The lowest BCUT2D eigenvalue weighted by molar-refractivity contribution is -0.149. The number of aliphatic imine (C=N–C) groups is 1. The van der Waals surface area contributed by atoms with Crippen molar-refractivity contribution in [2.24, 2.45) is 10.9 Å².